The zero-order valence-electron chi connectivity index (χ0n) is 10.7. The van der Waals surface area contributed by atoms with E-state index in [2.05, 4.69) is 12.1 Å². The third-order valence-electron chi connectivity index (χ3n) is 3.18. The molecule has 3 aromatic rings. The van der Waals surface area contributed by atoms with Crippen LogP contribution in [0.3, 0.4) is 0 Å². The number of furan rings is 1. The van der Waals surface area contributed by atoms with Gasteiger partial charge in [0.15, 0.2) is 0 Å². The molecule has 2 heteroatoms. The Morgan fingerprint density at radius 1 is 0.842 bits per heavy atom. The van der Waals surface area contributed by atoms with Crippen LogP contribution in [0.5, 0.6) is 5.75 Å². The Kier molecular flexibility index (Phi) is 3.50. The van der Waals surface area contributed by atoms with Crippen molar-refractivity contribution in [2.45, 2.75) is 12.8 Å². The molecule has 0 bridgehead atoms. The van der Waals surface area contributed by atoms with Gasteiger partial charge in [-0.2, -0.15) is 0 Å². The van der Waals surface area contributed by atoms with E-state index in [4.69, 9.17) is 9.15 Å². The molecule has 0 atom stereocenters. The molecule has 1 aromatic heterocycles. The first-order valence-electron chi connectivity index (χ1n) is 6.56. The number of fused-ring (bicyclic) bond motifs is 2. The smallest absolute Gasteiger partial charge is 0.133 e. The summed E-state index contributed by atoms with van der Waals surface area (Å²) in [4.78, 5) is 0. The minimum atomic E-state index is 0.886. The standard InChI is InChI=1S/C9H10O.C8H6O/c1-2-6-9-8(4-1)5-3-7-10-9;1-2-4-8-7(3-1)5-6-9-8/h1-2,4,6H,3,5,7H2;1-6H. The molecule has 0 amide bonds. The number of hydrogen-bond donors (Lipinski definition) is 0. The SMILES string of the molecule is c1ccc2c(c1)CCCO2.c1ccc2occc2c1. The lowest BCUT2D eigenvalue weighted by Gasteiger charge is -2.15. The van der Waals surface area contributed by atoms with Crippen molar-refractivity contribution in [2.24, 2.45) is 0 Å². The van der Waals surface area contributed by atoms with E-state index in [1.807, 2.05) is 42.5 Å². The van der Waals surface area contributed by atoms with E-state index >= 15 is 0 Å². The predicted octanol–water partition coefficient (Wildman–Crippen LogP) is 4.44. The van der Waals surface area contributed by atoms with Crippen molar-refractivity contribution < 1.29 is 9.15 Å². The summed E-state index contributed by atoms with van der Waals surface area (Å²) in [5.74, 6) is 1.08. The van der Waals surface area contributed by atoms with Crippen molar-refractivity contribution in [3.8, 4) is 5.75 Å². The summed E-state index contributed by atoms with van der Waals surface area (Å²) < 4.78 is 10.5. The van der Waals surface area contributed by atoms with Gasteiger partial charge in [-0.1, -0.05) is 36.4 Å². The van der Waals surface area contributed by atoms with E-state index < -0.39 is 0 Å². The molecule has 19 heavy (non-hydrogen) atoms. The van der Waals surface area contributed by atoms with Gasteiger partial charge in [-0.05, 0) is 36.6 Å². The number of hydrogen-bond acceptors (Lipinski definition) is 2. The number of rotatable bonds is 0. The number of aryl methyl sites for hydroxylation is 1. The van der Waals surface area contributed by atoms with E-state index in [1.54, 1.807) is 6.26 Å². The summed E-state index contributed by atoms with van der Waals surface area (Å²) in [5, 5.41) is 1.16. The van der Waals surface area contributed by atoms with E-state index in [1.165, 1.54) is 12.0 Å². The maximum Gasteiger partial charge on any atom is 0.133 e. The third-order valence-corrected chi connectivity index (χ3v) is 3.18. The Bertz CT molecular complexity index is 600. The Balaban J connectivity index is 0.000000117. The summed E-state index contributed by atoms with van der Waals surface area (Å²) in [5.41, 5.74) is 2.31. The van der Waals surface area contributed by atoms with E-state index in [-0.39, 0.29) is 0 Å². The fourth-order valence-corrected chi connectivity index (χ4v) is 2.20. The van der Waals surface area contributed by atoms with Crippen molar-refractivity contribution >= 4 is 11.0 Å². The minimum Gasteiger partial charge on any atom is -0.493 e. The molecule has 0 N–H and O–H groups in total. The molecule has 0 unspecified atom stereocenters. The van der Waals surface area contributed by atoms with Crippen LogP contribution in [-0.2, 0) is 6.42 Å². The van der Waals surface area contributed by atoms with Crippen molar-refractivity contribution in [1.82, 2.24) is 0 Å². The van der Waals surface area contributed by atoms with Crippen molar-refractivity contribution in [3.05, 3.63) is 66.4 Å². The Morgan fingerprint density at radius 3 is 2.58 bits per heavy atom. The van der Waals surface area contributed by atoms with Crippen LogP contribution in [0.4, 0.5) is 0 Å². The highest BCUT2D eigenvalue weighted by Gasteiger charge is 2.06. The highest BCUT2D eigenvalue weighted by atomic mass is 16.5. The zero-order valence-corrected chi connectivity index (χ0v) is 10.7. The van der Waals surface area contributed by atoms with Crippen LogP contribution in [0.15, 0.2) is 65.3 Å². The summed E-state index contributed by atoms with van der Waals surface area (Å²) in [6.45, 7) is 0.886. The second-order valence-electron chi connectivity index (χ2n) is 4.52. The fourth-order valence-electron chi connectivity index (χ4n) is 2.20. The molecule has 2 aromatic carbocycles. The van der Waals surface area contributed by atoms with Crippen molar-refractivity contribution in [3.63, 3.8) is 0 Å². The molecule has 96 valence electrons. The Hall–Kier alpha value is -2.22. The maximum atomic E-state index is 5.42. The molecule has 0 saturated heterocycles. The zero-order chi connectivity index (χ0) is 12.9. The van der Waals surface area contributed by atoms with Crippen LogP contribution in [0.2, 0.25) is 0 Å². The van der Waals surface area contributed by atoms with Crippen molar-refractivity contribution in [2.75, 3.05) is 6.61 Å². The maximum absolute atomic E-state index is 5.42. The van der Waals surface area contributed by atoms with Gasteiger partial charge in [0.05, 0.1) is 12.9 Å². The highest BCUT2D eigenvalue weighted by Crippen LogP contribution is 2.23. The summed E-state index contributed by atoms with van der Waals surface area (Å²) in [7, 11) is 0. The number of benzene rings is 2. The molecular formula is C17H16O2. The summed E-state index contributed by atoms with van der Waals surface area (Å²) in [6, 6.07) is 18.1. The van der Waals surface area contributed by atoms with Gasteiger partial charge in [-0.15, -0.1) is 0 Å². The lowest BCUT2D eigenvalue weighted by atomic mass is 10.1. The quantitative estimate of drug-likeness (QED) is 0.590. The van der Waals surface area contributed by atoms with E-state index in [0.29, 0.717) is 0 Å². The molecule has 4 rings (SSSR count). The molecule has 0 aliphatic carbocycles. The Labute approximate surface area is 112 Å². The van der Waals surface area contributed by atoms with Crippen LogP contribution in [0.1, 0.15) is 12.0 Å². The highest BCUT2D eigenvalue weighted by molar-refractivity contribution is 5.76. The average Bonchev–Trinajstić information content (AvgIpc) is 2.96. The van der Waals surface area contributed by atoms with Gasteiger partial charge in [0.1, 0.15) is 11.3 Å². The van der Waals surface area contributed by atoms with E-state index in [9.17, 15) is 0 Å². The number of ether oxygens (including phenoxy) is 1. The summed E-state index contributed by atoms with van der Waals surface area (Å²) >= 11 is 0. The third kappa shape index (κ3) is 2.79. The molecule has 1 aliphatic heterocycles. The van der Waals surface area contributed by atoms with Crippen LogP contribution in [0.25, 0.3) is 11.0 Å². The van der Waals surface area contributed by atoms with Crippen LogP contribution in [-0.4, -0.2) is 6.61 Å². The van der Waals surface area contributed by atoms with Crippen LogP contribution in [0, 0.1) is 0 Å². The molecule has 0 fully saturated rings. The number of para-hydroxylation sites is 2. The van der Waals surface area contributed by atoms with Gasteiger partial charge in [-0.3, -0.25) is 0 Å². The van der Waals surface area contributed by atoms with Gasteiger partial charge in [0.2, 0.25) is 0 Å². The fraction of sp³-hybridized carbons (Fsp3) is 0.176. The second kappa shape index (κ2) is 5.61. The largest absolute Gasteiger partial charge is 0.493 e. The van der Waals surface area contributed by atoms with Gasteiger partial charge in [0, 0.05) is 5.39 Å². The molecule has 0 radical (unpaired) electrons. The average molecular weight is 252 g/mol. The second-order valence-corrected chi connectivity index (χ2v) is 4.52. The minimum absolute atomic E-state index is 0.886. The van der Waals surface area contributed by atoms with Crippen LogP contribution < -0.4 is 4.74 Å². The predicted molar refractivity (Wildman–Crippen MR) is 76.5 cm³/mol. The molecule has 1 aliphatic rings. The molecular weight excluding hydrogens is 236 g/mol. The van der Waals surface area contributed by atoms with E-state index in [0.717, 1.165) is 29.7 Å². The topological polar surface area (TPSA) is 22.4 Å². The Morgan fingerprint density at radius 2 is 1.68 bits per heavy atom. The molecule has 2 heterocycles. The first-order chi connectivity index (χ1) is 9.43. The van der Waals surface area contributed by atoms with Gasteiger partial charge in [-0.25, -0.2) is 0 Å². The molecule has 0 spiro atoms. The first-order valence-corrected chi connectivity index (χ1v) is 6.56. The molecule has 0 saturated carbocycles. The van der Waals surface area contributed by atoms with Crippen LogP contribution >= 0.6 is 0 Å². The lowest BCUT2D eigenvalue weighted by molar-refractivity contribution is 0.288. The summed E-state index contributed by atoms with van der Waals surface area (Å²) in [6.07, 6.45) is 4.04. The van der Waals surface area contributed by atoms with Gasteiger partial charge in [0.25, 0.3) is 0 Å². The van der Waals surface area contributed by atoms with Gasteiger partial charge >= 0.3 is 0 Å². The van der Waals surface area contributed by atoms with Gasteiger partial charge < -0.3 is 9.15 Å². The molecule has 2 nitrogen and oxygen atoms in total. The van der Waals surface area contributed by atoms with Crippen molar-refractivity contribution in [1.29, 1.82) is 0 Å². The monoisotopic (exact) mass is 252 g/mol. The lowest BCUT2D eigenvalue weighted by Crippen LogP contribution is -2.07. The first kappa shape index (κ1) is 11.8. The normalized spacial score (nSPS) is 13.1.